The maximum absolute atomic E-state index is 13.8. The van der Waals surface area contributed by atoms with E-state index >= 15 is 0 Å². The third kappa shape index (κ3) is 4.78. The van der Waals surface area contributed by atoms with Gasteiger partial charge in [0.2, 0.25) is 10.0 Å². The van der Waals surface area contributed by atoms with E-state index in [0.717, 1.165) is 18.6 Å². The van der Waals surface area contributed by atoms with Crippen molar-refractivity contribution in [1.29, 1.82) is 0 Å². The van der Waals surface area contributed by atoms with Crippen LogP contribution in [0.1, 0.15) is 43.1 Å². The Balaban J connectivity index is 3.09. The molecule has 1 atom stereocenters. The zero-order valence-corrected chi connectivity index (χ0v) is 13.4. The highest BCUT2D eigenvalue weighted by molar-refractivity contribution is 7.89. The minimum Gasteiger partial charge on any atom is -0.350 e. The molecule has 21 heavy (non-hydrogen) atoms. The van der Waals surface area contributed by atoms with Crippen molar-refractivity contribution in [2.75, 3.05) is 0 Å². The van der Waals surface area contributed by atoms with Crippen molar-refractivity contribution in [2.45, 2.75) is 45.1 Å². The molecule has 1 aromatic rings. The summed E-state index contributed by atoms with van der Waals surface area (Å²) in [5.41, 5.74) is -0.151. The van der Waals surface area contributed by atoms with E-state index in [1.165, 1.54) is 6.92 Å². The molecule has 118 valence electrons. The number of rotatable bonds is 5. The summed E-state index contributed by atoms with van der Waals surface area (Å²) in [6, 6.07) is 2.02. The lowest BCUT2D eigenvalue weighted by Crippen LogP contribution is -2.33. The van der Waals surface area contributed by atoms with Crippen molar-refractivity contribution in [2.24, 2.45) is 11.1 Å². The fraction of sp³-hybridized carbons (Fsp3) is 0.500. The quantitative estimate of drug-likeness (QED) is 0.870. The minimum absolute atomic E-state index is 0.0577. The van der Waals surface area contributed by atoms with E-state index in [1.807, 2.05) is 20.8 Å². The second-order valence-electron chi connectivity index (χ2n) is 5.63. The van der Waals surface area contributed by atoms with Gasteiger partial charge in [0, 0.05) is 17.2 Å². The zero-order chi connectivity index (χ0) is 16.4. The monoisotopic (exact) mass is 316 g/mol. The molecule has 0 heterocycles. The molecule has 0 spiro atoms. The van der Waals surface area contributed by atoms with Crippen LogP contribution in [-0.2, 0) is 10.0 Å². The highest BCUT2D eigenvalue weighted by atomic mass is 32.2. The van der Waals surface area contributed by atoms with Crippen LogP contribution in [0.3, 0.4) is 0 Å². The predicted molar refractivity (Wildman–Crippen MR) is 78.9 cm³/mol. The first-order valence-electron chi connectivity index (χ1n) is 6.66. The third-order valence-electron chi connectivity index (χ3n) is 3.07. The van der Waals surface area contributed by atoms with Crippen LogP contribution in [0.5, 0.6) is 0 Å². The number of amides is 1. The smallest absolute Gasteiger partial charge is 0.251 e. The highest BCUT2D eigenvalue weighted by Gasteiger charge is 2.20. The molecule has 7 heteroatoms. The van der Waals surface area contributed by atoms with Crippen LogP contribution < -0.4 is 10.5 Å². The molecule has 0 aliphatic rings. The molecule has 0 aliphatic heterocycles. The number of hydrogen-bond acceptors (Lipinski definition) is 3. The van der Waals surface area contributed by atoms with Crippen molar-refractivity contribution in [3.05, 3.63) is 29.1 Å². The van der Waals surface area contributed by atoms with Crippen LogP contribution in [0.4, 0.5) is 4.39 Å². The van der Waals surface area contributed by atoms with Gasteiger partial charge in [-0.05, 0) is 38.3 Å². The Morgan fingerprint density at radius 3 is 2.38 bits per heavy atom. The van der Waals surface area contributed by atoms with Crippen molar-refractivity contribution < 1.29 is 17.6 Å². The fourth-order valence-electron chi connectivity index (χ4n) is 2.15. The molecule has 0 radical (unpaired) electrons. The van der Waals surface area contributed by atoms with Gasteiger partial charge in [-0.1, -0.05) is 13.8 Å². The second kappa shape index (κ2) is 6.53. The Kier molecular flexibility index (Phi) is 5.47. The number of nitrogens with two attached hydrogens (primary N) is 1. The van der Waals surface area contributed by atoms with E-state index in [4.69, 9.17) is 5.14 Å². The second-order valence-corrected chi connectivity index (χ2v) is 7.16. The SMILES string of the molecule is Cc1c(F)cc(C(=O)NC(C)CC(C)C)cc1S(N)(=O)=O. The van der Waals surface area contributed by atoms with Gasteiger partial charge in [0.05, 0.1) is 4.90 Å². The van der Waals surface area contributed by atoms with E-state index in [0.29, 0.717) is 5.92 Å². The fourth-order valence-corrected chi connectivity index (χ4v) is 2.97. The zero-order valence-electron chi connectivity index (χ0n) is 12.6. The molecular formula is C14H21FN2O3S. The predicted octanol–water partition coefficient (Wildman–Crippen LogP) is 1.95. The summed E-state index contributed by atoms with van der Waals surface area (Å²) in [4.78, 5) is 11.7. The Morgan fingerprint density at radius 1 is 1.33 bits per heavy atom. The topological polar surface area (TPSA) is 89.3 Å². The Bertz CT molecular complexity index is 642. The summed E-state index contributed by atoms with van der Waals surface area (Å²) in [7, 11) is -4.08. The van der Waals surface area contributed by atoms with Crippen LogP contribution in [0.15, 0.2) is 17.0 Å². The minimum atomic E-state index is -4.08. The Hall–Kier alpha value is -1.47. The van der Waals surface area contributed by atoms with Crippen LogP contribution >= 0.6 is 0 Å². The van der Waals surface area contributed by atoms with Gasteiger partial charge in [-0.25, -0.2) is 17.9 Å². The summed E-state index contributed by atoms with van der Waals surface area (Å²) >= 11 is 0. The molecule has 5 nitrogen and oxygen atoms in total. The van der Waals surface area contributed by atoms with Crippen LogP contribution in [0.2, 0.25) is 0 Å². The number of sulfonamides is 1. The molecule has 0 fully saturated rings. The lowest BCUT2D eigenvalue weighted by molar-refractivity contribution is 0.0935. The molecular weight excluding hydrogens is 295 g/mol. The molecule has 0 bridgehead atoms. The molecule has 1 aromatic carbocycles. The summed E-state index contributed by atoms with van der Waals surface area (Å²) in [5.74, 6) is -0.898. The van der Waals surface area contributed by atoms with Crippen molar-refractivity contribution >= 4 is 15.9 Å². The van der Waals surface area contributed by atoms with Gasteiger partial charge in [-0.2, -0.15) is 0 Å². The van der Waals surface area contributed by atoms with Gasteiger partial charge in [0.1, 0.15) is 5.82 Å². The average molecular weight is 316 g/mol. The van der Waals surface area contributed by atoms with Crippen molar-refractivity contribution in [3.8, 4) is 0 Å². The number of nitrogens with one attached hydrogen (secondary N) is 1. The molecule has 1 rings (SSSR count). The van der Waals surface area contributed by atoms with Crippen molar-refractivity contribution in [1.82, 2.24) is 5.32 Å². The number of primary sulfonamides is 1. The molecule has 0 saturated carbocycles. The summed E-state index contributed by atoms with van der Waals surface area (Å²) in [5, 5.41) is 7.75. The maximum Gasteiger partial charge on any atom is 0.251 e. The lowest BCUT2D eigenvalue weighted by atomic mass is 10.0. The van der Waals surface area contributed by atoms with Gasteiger partial charge in [-0.3, -0.25) is 4.79 Å². The van der Waals surface area contributed by atoms with Crippen molar-refractivity contribution in [3.63, 3.8) is 0 Å². The van der Waals surface area contributed by atoms with E-state index in [2.05, 4.69) is 5.32 Å². The number of hydrogen-bond donors (Lipinski definition) is 2. The highest BCUT2D eigenvalue weighted by Crippen LogP contribution is 2.19. The van der Waals surface area contributed by atoms with E-state index < -0.39 is 21.7 Å². The van der Waals surface area contributed by atoms with Gasteiger partial charge >= 0.3 is 0 Å². The first kappa shape index (κ1) is 17.6. The first-order valence-corrected chi connectivity index (χ1v) is 8.20. The maximum atomic E-state index is 13.8. The molecule has 1 unspecified atom stereocenters. The summed E-state index contributed by atoms with van der Waals surface area (Å²) in [6.45, 7) is 7.18. The van der Waals surface area contributed by atoms with Crippen LogP contribution in [0, 0.1) is 18.7 Å². The van der Waals surface area contributed by atoms with Crippen LogP contribution in [0.25, 0.3) is 0 Å². The molecule has 0 saturated heterocycles. The number of benzene rings is 1. The van der Waals surface area contributed by atoms with Crippen LogP contribution in [-0.4, -0.2) is 20.4 Å². The van der Waals surface area contributed by atoms with E-state index in [9.17, 15) is 17.6 Å². The standard InChI is InChI=1S/C14H21FN2O3S/c1-8(2)5-9(3)17-14(18)11-6-12(15)10(4)13(7-11)21(16,19)20/h6-9H,5H2,1-4H3,(H,17,18)(H2,16,19,20). The van der Waals surface area contributed by atoms with Gasteiger partial charge in [-0.15, -0.1) is 0 Å². The normalized spacial score (nSPS) is 13.3. The Labute approximate surface area is 124 Å². The van der Waals surface area contributed by atoms with Gasteiger partial charge in [0.25, 0.3) is 5.91 Å². The summed E-state index contributed by atoms with van der Waals surface area (Å²) < 4.78 is 36.6. The molecule has 3 N–H and O–H groups in total. The van der Waals surface area contributed by atoms with E-state index in [-0.39, 0.29) is 22.1 Å². The van der Waals surface area contributed by atoms with Gasteiger partial charge < -0.3 is 5.32 Å². The van der Waals surface area contributed by atoms with Gasteiger partial charge in [0.15, 0.2) is 0 Å². The first-order chi connectivity index (χ1) is 9.52. The number of halogens is 1. The lowest BCUT2D eigenvalue weighted by Gasteiger charge is -2.16. The average Bonchev–Trinajstić information content (AvgIpc) is 2.29. The summed E-state index contributed by atoms with van der Waals surface area (Å²) in [6.07, 6.45) is 0.766. The number of carbonyl (C=O) groups excluding carboxylic acids is 1. The number of carbonyl (C=O) groups is 1. The third-order valence-corrected chi connectivity index (χ3v) is 4.10. The molecule has 0 aromatic heterocycles. The van der Waals surface area contributed by atoms with E-state index in [1.54, 1.807) is 0 Å². The Morgan fingerprint density at radius 2 is 1.90 bits per heavy atom. The molecule has 0 aliphatic carbocycles. The molecule has 1 amide bonds. The largest absolute Gasteiger partial charge is 0.350 e.